The maximum Gasteiger partial charge on any atom is 0.325 e. The molecular weight excluding hydrogens is 430 g/mol. The van der Waals surface area contributed by atoms with Crippen LogP contribution in [0.3, 0.4) is 0 Å². The molecule has 2 N–H and O–H groups in total. The Bertz CT molecular complexity index is 1220. The Morgan fingerprint density at radius 2 is 1.74 bits per heavy atom. The number of aryl methyl sites for hydroxylation is 1. The van der Waals surface area contributed by atoms with Gasteiger partial charge in [-0.1, -0.05) is 60.2 Å². The van der Waals surface area contributed by atoms with Gasteiger partial charge in [-0.05, 0) is 43.2 Å². The minimum atomic E-state index is -1.21. The van der Waals surface area contributed by atoms with Crippen molar-refractivity contribution >= 4 is 23.5 Å². The summed E-state index contributed by atoms with van der Waals surface area (Å²) in [6, 6.07) is 22.1. The number of nitrogens with one attached hydrogen (secondary N) is 2. The highest BCUT2D eigenvalue weighted by atomic mass is 16.5. The topological polar surface area (TPSA) is 87.7 Å². The van der Waals surface area contributed by atoms with E-state index >= 15 is 0 Å². The molecule has 3 aromatic rings. The molecule has 0 bridgehead atoms. The standard InChI is InChI=1S/C27H27N3O4/c1-18-9-11-21(12-10-18)27(2)25(32)30(26(33)29-27)17-24(31)28-22-13-14-23(34-3)20(16-22)15-19-7-5-4-6-8-19/h4-14,16H,15,17H2,1-3H3,(H,28,31)(H,29,33). The lowest BCUT2D eigenvalue weighted by Crippen LogP contribution is -2.42. The van der Waals surface area contributed by atoms with E-state index in [2.05, 4.69) is 10.6 Å². The summed E-state index contributed by atoms with van der Waals surface area (Å²) in [5.74, 6) is -0.215. The number of anilines is 1. The van der Waals surface area contributed by atoms with Gasteiger partial charge in [0.25, 0.3) is 5.91 Å². The second-order valence-corrected chi connectivity index (χ2v) is 8.55. The molecule has 0 saturated carbocycles. The fraction of sp³-hybridized carbons (Fsp3) is 0.222. The summed E-state index contributed by atoms with van der Waals surface area (Å²) in [6.07, 6.45) is 0.635. The van der Waals surface area contributed by atoms with Gasteiger partial charge >= 0.3 is 6.03 Å². The smallest absolute Gasteiger partial charge is 0.325 e. The lowest BCUT2D eigenvalue weighted by Gasteiger charge is -2.22. The van der Waals surface area contributed by atoms with Gasteiger partial charge < -0.3 is 15.4 Å². The Balaban J connectivity index is 1.47. The zero-order chi connectivity index (χ0) is 24.3. The third-order valence-corrected chi connectivity index (χ3v) is 6.01. The van der Waals surface area contributed by atoms with Gasteiger partial charge in [0.15, 0.2) is 0 Å². The van der Waals surface area contributed by atoms with Gasteiger partial charge in [-0.3, -0.25) is 14.5 Å². The largest absolute Gasteiger partial charge is 0.496 e. The summed E-state index contributed by atoms with van der Waals surface area (Å²) >= 11 is 0. The molecule has 0 aromatic heterocycles. The zero-order valence-electron chi connectivity index (χ0n) is 19.4. The SMILES string of the molecule is COc1ccc(NC(=O)CN2C(=O)NC(C)(c3ccc(C)cc3)C2=O)cc1Cc1ccccc1. The number of imide groups is 1. The maximum absolute atomic E-state index is 13.1. The fourth-order valence-corrected chi connectivity index (χ4v) is 4.08. The summed E-state index contributed by atoms with van der Waals surface area (Å²) in [7, 11) is 1.60. The predicted octanol–water partition coefficient (Wildman–Crippen LogP) is 4.00. The maximum atomic E-state index is 13.1. The highest BCUT2D eigenvalue weighted by Gasteiger charge is 2.49. The summed E-state index contributed by atoms with van der Waals surface area (Å²) in [5, 5.41) is 5.52. The van der Waals surface area contributed by atoms with E-state index in [1.807, 2.05) is 67.6 Å². The summed E-state index contributed by atoms with van der Waals surface area (Å²) < 4.78 is 5.47. The quantitative estimate of drug-likeness (QED) is 0.525. The summed E-state index contributed by atoms with van der Waals surface area (Å²) in [5.41, 5.74) is 3.08. The number of ether oxygens (including phenoxy) is 1. The van der Waals surface area contributed by atoms with E-state index in [4.69, 9.17) is 4.74 Å². The van der Waals surface area contributed by atoms with E-state index in [1.54, 1.807) is 26.2 Å². The predicted molar refractivity (Wildman–Crippen MR) is 130 cm³/mol. The molecule has 174 valence electrons. The zero-order valence-corrected chi connectivity index (χ0v) is 19.4. The number of amides is 4. The molecule has 4 rings (SSSR count). The molecule has 1 aliphatic heterocycles. The second kappa shape index (κ2) is 9.39. The first-order chi connectivity index (χ1) is 16.3. The first-order valence-electron chi connectivity index (χ1n) is 11.0. The number of benzene rings is 3. The Kier molecular flexibility index (Phi) is 6.36. The van der Waals surface area contributed by atoms with E-state index in [0.717, 1.165) is 21.6 Å². The third-order valence-electron chi connectivity index (χ3n) is 6.01. The van der Waals surface area contributed by atoms with Crippen molar-refractivity contribution in [2.24, 2.45) is 0 Å². The van der Waals surface area contributed by atoms with E-state index in [0.29, 0.717) is 23.4 Å². The van der Waals surface area contributed by atoms with Crippen molar-refractivity contribution in [2.45, 2.75) is 25.8 Å². The van der Waals surface area contributed by atoms with Crippen LogP contribution in [0.5, 0.6) is 5.75 Å². The van der Waals surface area contributed by atoms with Gasteiger partial charge in [-0.2, -0.15) is 0 Å². The monoisotopic (exact) mass is 457 g/mol. The van der Waals surface area contributed by atoms with Crippen LogP contribution in [0.1, 0.15) is 29.2 Å². The molecule has 34 heavy (non-hydrogen) atoms. The number of hydrogen-bond acceptors (Lipinski definition) is 4. The Morgan fingerprint density at radius 3 is 2.41 bits per heavy atom. The highest BCUT2D eigenvalue weighted by molar-refractivity contribution is 6.10. The first-order valence-corrected chi connectivity index (χ1v) is 11.0. The third kappa shape index (κ3) is 4.64. The minimum absolute atomic E-state index is 0.383. The number of carbonyl (C=O) groups is 3. The highest BCUT2D eigenvalue weighted by Crippen LogP contribution is 2.29. The van der Waals surface area contributed by atoms with Crippen molar-refractivity contribution in [2.75, 3.05) is 19.0 Å². The van der Waals surface area contributed by atoms with Gasteiger partial charge in [0.2, 0.25) is 5.91 Å². The van der Waals surface area contributed by atoms with Crippen molar-refractivity contribution in [1.82, 2.24) is 10.2 Å². The average Bonchev–Trinajstić information content (AvgIpc) is 3.04. The molecular formula is C27H27N3O4. The first kappa shape index (κ1) is 23.0. The Labute approximate surface area is 198 Å². The molecule has 3 aromatic carbocycles. The normalized spacial score (nSPS) is 17.4. The van der Waals surface area contributed by atoms with Gasteiger partial charge in [0.05, 0.1) is 7.11 Å². The van der Waals surface area contributed by atoms with Gasteiger partial charge in [-0.25, -0.2) is 4.79 Å². The molecule has 1 unspecified atom stereocenters. The van der Waals surface area contributed by atoms with E-state index in [-0.39, 0.29) is 6.54 Å². The molecule has 7 nitrogen and oxygen atoms in total. The van der Waals surface area contributed by atoms with Crippen LogP contribution in [0.2, 0.25) is 0 Å². The molecule has 7 heteroatoms. The second-order valence-electron chi connectivity index (χ2n) is 8.55. The lowest BCUT2D eigenvalue weighted by atomic mass is 9.91. The van der Waals surface area contributed by atoms with Crippen molar-refractivity contribution in [1.29, 1.82) is 0 Å². The van der Waals surface area contributed by atoms with Crippen molar-refractivity contribution < 1.29 is 19.1 Å². The van der Waals surface area contributed by atoms with Crippen LogP contribution in [0, 0.1) is 6.92 Å². The van der Waals surface area contributed by atoms with E-state index in [1.165, 1.54) is 0 Å². The summed E-state index contributed by atoms with van der Waals surface area (Å²) in [6.45, 7) is 3.21. The summed E-state index contributed by atoms with van der Waals surface area (Å²) in [4.78, 5) is 39.4. The van der Waals surface area contributed by atoms with Crippen LogP contribution in [0.4, 0.5) is 10.5 Å². The fourth-order valence-electron chi connectivity index (χ4n) is 4.08. The van der Waals surface area contributed by atoms with Crippen molar-refractivity contribution in [3.8, 4) is 5.75 Å². The van der Waals surface area contributed by atoms with Crippen LogP contribution < -0.4 is 15.4 Å². The number of carbonyl (C=O) groups excluding carboxylic acids is 3. The van der Waals surface area contributed by atoms with Crippen molar-refractivity contribution in [3.05, 3.63) is 95.1 Å². The molecule has 4 amide bonds. The minimum Gasteiger partial charge on any atom is -0.496 e. The van der Waals surface area contributed by atoms with Gasteiger partial charge in [0, 0.05) is 17.7 Å². The van der Waals surface area contributed by atoms with E-state index in [9.17, 15) is 14.4 Å². The number of hydrogen-bond donors (Lipinski definition) is 2. The van der Waals surface area contributed by atoms with Crippen LogP contribution in [0.15, 0.2) is 72.8 Å². The van der Waals surface area contributed by atoms with Crippen molar-refractivity contribution in [3.63, 3.8) is 0 Å². The van der Waals surface area contributed by atoms with Crippen LogP contribution >= 0.6 is 0 Å². The van der Waals surface area contributed by atoms with Gasteiger partial charge in [-0.15, -0.1) is 0 Å². The molecule has 1 aliphatic rings. The molecule has 0 spiro atoms. The number of rotatable bonds is 7. The number of urea groups is 1. The molecule has 1 atom stereocenters. The lowest BCUT2D eigenvalue weighted by molar-refractivity contribution is -0.133. The molecule has 1 fully saturated rings. The van der Waals surface area contributed by atoms with Crippen LogP contribution in [-0.4, -0.2) is 36.4 Å². The van der Waals surface area contributed by atoms with Crippen LogP contribution in [0.25, 0.3) is 0 Å². The number of nitrogens with zero attached hydrogens (tertiary/aromatic N) is 1. The Hall–Kier alpha value is -4.13. The number of methoxy groups -OCH3 is 1. The molecule has 1 heterocycles. The Morgan fingerprint density at radius 1 is 1.03 bits per heavy atom. The molecule has 0 aliphatic carbocycles. The van der Waals surface area contributed by atoms with Gasteiger partial charge in [0.1, 0.15) is 17.8 Å². The van der Waals surface area contributed by atoms with Crippen LogP contribution in [-0.2, 0) is 21.5 Å². The average molecular weight is 458 g/mol. The van der Waals surface area contributed by atoms with E-state index < -0.39 is 23.4 Å². The molecule has 1 saturated heterocycles. The molecule has 0 radical (unpaired) electrons.